The highest BCUT2D eigenvalue weighted by atomic mass is 16.4. The van der Waals surface area contributed by atoms with Crippen molar-refractivity contribution in [3.8, 4) is 0 Å². The molecule has 5 nitrogen and oxygen atoms in total. The first-order valence-electron chi connectivity index (χ1n) is 3.25. The van der Waals surface area contributed by atoms with Crippen molar-refractivity contribution in [3.63, 3.8) is 0 Å². The summed E-state index contributed by atoms with van der Waals surface area (Å²) in [5.41, 5.74) is 5.11. The van der Waals surface area contributed by atoms with Gasteiger partial charge in [-0.05, 0) is 6.04 Å². The summed E-state index contributed by atoms with van der Waals surface area (Å²) >= 11 is 0. The lowest BCUT2D eigenvalue weighted by Gasteiger charge is -1.81. The fourth-order valence-corrected chi connectivity index (χ4v) is 0.143. The minimum atomic E-state index is -1.26. The number of carboxylic acid groups (broad SMARTS) is 2. The maximum absolute atomic E-state index is 9.55. The highest BCUT2D eigenvalue weighted by molar-refractivity contribution is 5.89. The average molecular weight is 175 g/mol. The summed E-state index contributed by atoms with van der Waals surface area (Å²) in [6.07, 6.45) is 1.12. The molecule has 0 radical (unpaired) electrons. The molecule has 0 rings (SSSR count). The molecule has 0 saturated heterocycles. The Hall–Kier alpha value is -1.36. The van der Waals surface area contributed by atoms with Crippen LogP contribution in [0, 0.1) is 0 Å². The van der Waals surface area contributed by atoms with Crippen LogP contribution in [0.15, 0.2) is 12.2 Å². The van der Waals surface area contributed by atoms with E-state index < -0.39 is 11.9 Å². The summed E-state index contributed by atoms with van der Waals surface area (Å²) in [6, 6.07) is 0.333. The van der Waals surface area contributed by atoms with E-state index in [2.05, 4.69) is 0 Å². The minimum absolute atomic E-state index is 0.333. The summed E-state index contributed by atoms with van der Waals surface area (Å²) < 4.78 is 0. The molecule has 0 aromatic heterocycles. The van der Waals surface area contributed by atoms with Crippen LogP contribution in [0.2, 0.25) is 0 Å². The van der Waals surface area contributed by atoms with Crippen molar-refractivity contribution in [2.75, 3.05) is 0 Å². The summed E-state index contributed by atoms with van der Waals surface area (Å²) in [5.74, 6) is -2.51. The van der Waals surface area contributed by atoms with Crippen LogP contribution in [0.1, 0.15) is 13.8 Å². The monoisotopic (exact) mass is 175 g/mol. The van der Waals surface area contributed by atoms with Crippen LogP contribution in [0.5, 0.6) is 0 Å². The molecule has 0 bridgehead atoms. The van der Waals surface area contributed by atoms with Gasteiger partial charge in [0.2, 0.25) is 0 Å². The number of aliphatic carboxylic acids is 2. The number of hydrogen-bond acceptors (Lipinski definition) is 3. The molecular formula is C7H13NO4. The van der Waals surface area contributed by atoms with Crippen LogP contribution >= 0.6 is 0 Å². The van der Waals surface area contributed by atoms with Gasteiger partial charge in [-0.15, -0.1) is 0 Å². The van der Waals surface area contributed by atoms with Crippen LogP contribution in [0.4, 0.5) is 0 Å². The van der Waals surface area contributed by atoms with E-state index in [9.17, 15) is 9.59 Å². The normalized spacial score (nSPS) is 9.33. The Morgan fingerprint density at radius 1 is 1.17 bits per heavy atom. The molecule has 0 spiro atoms. The van der Waals surface area contributed by atoms with Gasteiger partial charge in [-0.2, -0.15) is 0 Å². The maximum Gasteiger partial charge on any atom is 0.328 e. The average Bonchev–Trinajstić information content (AvgIpc) is 1.82. The molecule has 0 aromatic carbocycles. The Morgan fingerprint density at radius 2 is 1.33 bits per heavy atom. The predicted molar refractivity (Wildman–Crippen MR) is 43.7 cm³/mol. The van der Waals surface area contributed by atoms with E-state index in [1.807, 2.05) is 13.8 Å². The molecule has 4 N–H and O–H groups in total. The van der Waals surface area contributed by atoms with Crippen molar-refractivity contribution in [2.45, 2.75) is 19.9 Å². The van der Waals surface area contributed by atoms with Gasteiger partial charge in [0.25, 0.3) is 0 Å². The lowest BCUT2D eigenvalue weighted by atomic mass is 10.5. The number of carboxylic acids is 2. The van der Waals surface area contributed by atoms with Gasteiger partial charge in [0.15, 0.2) is 0 Å². The van der Waals surface area contributed by atoms with Crippen LogP contribution in [0.25, 0.3) is 0 Å². The standard InChI is InChI=1S/C4H4O4.C3H9N/c5-3(6)1-2-4(7)8;1-3(2)4/h1-2H,(H,5,6)(H,7,8);3H,4H2,1-2H3/b2-1+;. The Bertz CT molecular complexity index is 155. The van der Waals surface area contributed by atoms with Gasteiger partial charge >= 0.3 is 11.9 Å². The molecule has 0 heterocycles. The summed E-state index contributed by atoms with van der Waals surface area (Å²) in [5, 5.41) is 15.6. The molecule has 5 heteroatoms. The highest BCUT2D eigenvalue weighted by Crippen LogP contribution is 1.70. The van der Waals surface area contributed by atoms with E-state index in [4.69, 9.17) is 15.9 Å². The number of hydrogen-bond donors (Lipinski definition) is 3. The molecule has 0 saturated carbocycles. The maximum atomic E-state index is 9.55. The van der Waals surface area contributed by atoms with E-state index in [1.54, 1.807) is 0 Å². The molecule has 0 atom stereocenters. The molecule has 70 valence electrons. The van der Waals surface area contributed by atoms with Gasteiger partial charge in [-0.1, -0.05) is 13.8 Å². The molecule has 0 unspecified atom stereocenters. The zero-order valence-corrected chi connectivity index (χ0v) is 7.02. The number of rotatable bonds is 2. The highest BCUT2D eigenvalue weighted by Gasteiger charge is 1.88. The smallest absolute Gasteiger partial charge is 0.328 e. The Balaban J connectivity index is 0. The molecule has 0 aliphatic heterocycles. The largest absolute Gasteiger partial charge is 0.478 e. The molecule has 12 heavy (non-hydrogen) atoms. The lowest BCUT2D eigenvalue weighted by molar-refractivity contribution is -0.134. The molecule has 0 aliphatic carbocycles. The van der Waals surface area contributed by atoms with Gasteiger partial charge in [-0.25, -0.2) is 9.59 Å². The Kier molecular flexibility index (Phi) is 8.55. The quantitative estimate of drug-likeness (QED) is 0.515. The third-order valence-electron chi connectivity index (χ3n) is 0.368. The second-order valence-electron chi connectivity index (χ2n) is 2.25. The van der Waals surface area contributed by atoms with Crippen molar-refractivity contribution in [2.24, 2.45) is 5.73 Å². The van der Waals surface area contributed by atoms with Crippen molar-refractivity contribution < 1.29 is 19.8 Å². The fourth-order valence-electron chi connectivity index (χ4n) is 0.143. The van der Waals surface area contributed by atoms with Gasteiger partial charge in [0.05, 0.1) is 0 Å². The van der Waals surface area contributed by atoms with Crippen molar-refractivity contribution in [1.82, 2.24) is 0 Å². The van der Waals surface area contributed by atoms with E-state index in [1.165, 1.54) is 0 Å². The first-order valence-corrected chi connectivity index (χ1v) is 3.25. The lowest BCUT2D eigenvalue weighted by Crippen LogP contribution is -2.06. The molecular weight excluding hydrogens is 162 g/mol. The van der Waals surface area contributed by atoms with E-state index in [0.717, 1.165) is 0 Å². The Morgan fingerprint density at radius 3 is 1.42 bits per heavy atom. The molecule has 0 aliphatic rings. The second-order valence-corrected chi connectivity index (χ2v) is 2.25. The van der Waals surface area contributed by atoms with Gasteiger partial charge in [0, 0.05) is 12.2 Å². The van der Waals surface area contributed by atoms with Crippen LogP contribution < -0.4 is 5.73 Å². The predicted octanol–water partition coefficient (Wildman–Crippen LogP) is 0.0653. The van der Waals surface area contributed by atoms with Crippen LogP contribution in [0.3, 0.4) is 0 Å². The van der Waals surface area contributed by atoms with Crippen molar-refractivity contribution in [3.05, 3.63) is 12.2 Å². The summed E-state index contributed by atoms with van der Waals surface area (Å²) in [6.45, 7) is 3.89. The first-order chi connectivity index (χ1) is 5.36. The molecule has 0 aromatic rings. The number of carbonyl (C=O) groups is 2. The van der Waals surface area contributed by atoms with Crippen molar-refractivity contribution >= 4 is 11.9 Å². The van der Waals surface area contributed by atoms with E-state index in [-0.39, 0.29) is 0 Å². The molecule has 0 fully saturated rings. The van der Waals surface area contributed by atoms with Gasteiger partial charge in [-0.3, -0.25) is 0 Å². The van der Waals surface area contributed by atoms with E-state index >= 15 is 0 Å². The summed E-state index contributed by atoms with van der Waals surface area (Å²) in [7, 11) is 0. The van der Waals surface area contributed by atoms with Gasteiger partial charge in [0.1, 0.15) is 0 Å². The van der Waals surface area contributed by atoms with E-state index in [0.29, 0.717) is 18.2 Å². The third-order valence-corrected chi connectivity index (χ3v) is 0.368. The van der Waals surface area contributed by atoms with Crippen LogP contribution in [-0.4, -0.2) is 28.2 Å². The minimum Gasteiger partial charge on any atom is -0.478 e. The second kappa shape index (κ2) is 7.74. The van der Waals surface area contributed by atoms with Crippen LogP contribution in [-0.2, 0) is 9.59 Å². The summed E-state index contributed by atoms with van der Waals surface area (Å²) in [4.78, 5) is 19.1. The topological polar surface area (TPSA) is 101 Å². The number of nitrogens with two attached hydrogens (primary N) is 1. The SMILES string of the molecule is CC(C)N.O=C(O)/C=C/C(=O)O. The third kappa shape index (κ3) is 38.1. The van der Waals surface area contributed by atoms with Crippen molar-refractivity contribution in [1.29, 1.82) is 0 Å². The molecule has 0 amide bonds. The van der Waals surface area contributed by atoms with Gasteiger partial charge < -0.3 is 15.9 Å². The zero-order valence-electron chi connectivity index (χ0n) is 7.02. The first kappa shape index (κ1) is 13.2. The fraction of sp³-hybridized carbons (Fsp3) is 0.429. The Labute approximate surface area is 70.5 Å². The zero-order chi connectivity index (χ0) is 10.1.